The van der Waals surface area contributed by atoms with Crippen LogP contribution in [-0.2, 0) is 4.79 Å². The summed E-state index contributed by atoms with van der Waals surface area (Å²) in [5.74, 6) is -0.137. The van der Waals surface area contributed by atoms with Crippen molar-refractivity contribution in [2.45, 2.75) is 38.7 Å². The third-order valence-electron chi connectivity index (χ3n) is 2.17. The van der Waals surface area contributed by atoms with Gasteiger partial charge in [0.15, 0.2) is 0 Å². The van der Waals surface area contributed by atoms with E-state index in [1.807, 2.05) is 0 Å². The molecule has 1 fully saturated rings. The molecule has 0 bridgehead atoms. The van der Waals surface area contributed by atoms with E-state index in [9.17, 15) is 9.90 Å². The van der Waals surface area contributed by atoms with E-state index < -0.39 is 5.60 Å². The van der Waals surface area contributed by atoms with Gasteiger partial charge in [0.05, 0.1) is 0 Å². The van der Waals surface area contributed by atoms with Crippen molar-refractivity contribution in [3.05, 3.63) is 0 Å². The smallest absolute Gasteiger partial charge is 0.253 e. The van der Waals surface area contributed by atoms with Crippen LogP contribution in [0.1, 0.15) is 33.1 Å². The van der Waals surface area contributed by atoms with Gasteiger partial charge in [-0.1, -0.05) is 0 Å². The lowest BCUT2D eigenvalue weighted by Gasteiger charge is -2.31. The molecule has 0 saturated carbocycles. The molecule has 0 aromatic rings. The fourth-order valence-corrected chi connectivity index (χ4v) is 1.48. The van der Waals surface area contributed by atoms with Gasteiger partial charge in [-0.25, -0.2) is 0 Å². The Kier molecular flexibility index (Phi) is 2.73. The largest absolute Gasteiger partial charge is 0.381 e. The van der Waals surface area contributed by atoms with Crippen LogP contribution in [0.4, 0.5) is 0 Å². The number of hydrogen-bond acceptors (Lipinski definition) is 2. The minimum Gasteiger partial charge on any atom is -0.381 e. The van der Waals surface area contributed by atoms with Crippen LogP contribution in [0.25, 0.3) is 0 Å². The number of carbonyl (C=O) groups is 1. The summed E-state index contributed by atoms with van der Waals surface area (Å²) in [6.45, 7) is 4.71. The minimum absolute atomic E-state index is 0.137. The summed E-state index contributed by atoms with van der Waals surface area (Å²) in [4.78, 5) is 13.2. The van der Waals surface area contributed by atoms with Crippen molar-refractivity contribution in [2.24, 2.45) is 0 Å². The van der Waals surface area contributed by atoms with Gasteiger partial charge in [0.2, 0.25) is 0 Å². The van der Waals surface area contributed by atoms with Gasteiger partial charge in [0, 0.05) is 13.1 Å². The van der Waals surface area contributed by atoms with Crippen molar-refractivity contribution in [2.75, 3.05) is 13.1 Å². The number of nitrogens with zero attached hydrogens (tertiary/aromatic N) is 1. The molecule has 12 heavy (non-hydrogen) atoms. The minimum atomic E-state index is -1.20. The van der Waals surface area contributed by atoms with Crippen LogP contribution in [0.15, 0.2) is 0 Å². The van der Waals surface area contributed by atoms with Gasteiger partial charge in [0.1, 0.15) is 5.60 Å². The predicted octanol–water partition coefficient (Wildman–Crippen LogP) is 0.770. The van der Waals surface area contributed by atoms with E-state index in [1.165, 1.54) is 6.42 Å². The van der Waals surface area contributed by atoms with Gasteiger partial charge in [-0.2, -0.15) is 0 Å². The summed E-state index contributed by atoms with van der Waals surface area (Å²) in [5, 5.41) is 9.45. The maximum Gasteiger partial charge on any atom is 0.253 e. The first kappa shape index (κ1) is 9.52. The predicted molar refractivity (Wildman–Crippen MR) is 46.7 cm³/mol. The topological polar surface area (TPSA) is 40.5 Å². The van der Waals surface area contributed by atoms with Crippen LogP contribution in [-0.4, -0.2) is 34.6 Å². The summed E-state index contributed by atoms with van der Waals surface area (Å²) < 4.78 is 0. The standard InChI is InChI=1S/C9H17NO2/c1-9(2,12)8(11)10-6-4-3-5-7-10/h12H,3-7H2,1-2H3. The monoisotopic (exact) mass is 171 g/mol. The van der Waals surface area contributed by atoms with E-state index >= 15 is 0 Å². The van der Waals surface area contributed by atoms with Crippen molar-refractivity contribution in [3.63, 3.8) is 0 Å². The molecule has 0 atom stereocenters. The van der Waals surface area contributed by atoms with Crippen molar-refractivity contribution < 1.29 is 9.90 Å². The number of likely N-dealkylation sites (tertiary alicyclic amines) is 1. The second kappa shape index (κ2) is 3.44. The number of amides is 1. The zero-order valence-electron chi connectivity index (χ0n) is 7.84. The molecule has 1 amide bonds. The molecule has 0 aromatic carbocycles. The maximum atomic E-state index is 11.5. The molecule has 0 unspecified atom stereocenters. The fourth-order valence-electron chi connectivity index (χ4n) is 1.48. The van der Waals surface area contributed by atoms with Crippen LogP contribution >= 0.6 is 0 Å². The first-order chi connectivity index (χ1) is 5.52. The molecule has 1 aliphatic rings. The Morgan fingerprint density at radius 3 is 2.17 bits per heavy atom. The second-order valence-corrected chi connectivity index (χ2v) is 3.91. The number of piperidine rings is 1. The quantitative estimate of drug-likeness (QED) is 0.633. The Labute approximate surface area is 73.4 Å². The van der Waals surface area contributed by atoms with E-state index in [1.54, 1.807) is 18.7 Å². The van der Waals surface area contributed by atoms with Crippen molar-refractivity contribution in [3.8, 4) is 0 Å². The third kappa shape index (κ3) is 2.21. The zero-order valence-corrected chi connectivity index (χ0v) is 7.84. The summed E-state index contributed by atoms with van der Waals surface area (Å²) in [7, 11) is 0. The molecular formula is C9H17NO2. The molecule has 0 aliphatic carbocycles. The van der Waals surface area contributed by atoms with Crippen molar-refractivity contribution in [1.82, 2.24) is 4.90 Å². The third-order valence-corrected chi connectivity index (χ3v) is 2.17. The molecule has 3 heteroatoms. The highest BCUT2D eigenvalue weighted by molar-refractivity contribution is 5.84. The molecule has 3 nitrogen and oxygen atoms in total. The van der Waals surface area contributed by atoms with E-state index in [0.29, 0.717) is 0 Å². The Hall–Kier alpha value is -0.570. The SMILES string of the molecule is CC(C)(O)C(=O)N1CCCCC1. The molecule has 1 heterocycles. The fraction of sp³-hybridized carbons (Fsp3) is 0.889. The normalized spacial score (nSPS) is 19.4. The Morgan fingerprint density at radius 1 is 1.25 bits per heavy atom. The van der Waals surface area contributed by atoms with E-state index in [-0.39, 0.29) is 5.91 Å². The van der Waals surface area contributed by atoms with Crippen molar-refractivity contribution in [1.29, 1.82) is 0 Å². The lowest BCUT2D eigenvalue weighted by atomic mass is 10.1. The second-order valence-electron chi connectivity index (χ2n) is 3.91. The van der Waals surface area contributed by atoms with Gasteiger partial charge in [0.25, 0.3) is 5.91 Å². The van der Waals surface area contributed by atoms with Crippen LogP contribution in [0, 0.1) is 0 Å². The highest BCUT2D eigenvalue weighted by Crippen LogP contribution is 2.14. The van der Waals surface area contributed by atoms with Gasteiger partial charge < -0.3 is 10.0 Å². The van der Waals surface area contributed by atoms with Crippen molar-refractivity contribution >= 4 is 5.91 Å². The molecule has 1 saturated heterocycles. The number of carbonyl (C=O) groups excluding carboxylic acids is 1. The molecule has 1 rings (SSSR count). The van der Waals surface area contributed by atoms with Crippen LogP contribution in [0.2, 0.25) is 0 Å². The van der Waals surface area contributed by atoms with E-state index in [2.05, 4.69) is 0 Å². The molecule has 0 radical (unpaired) electrons. The Morgan fingerprint density at radius 2 is 1.75 bits per heavy atom. The maximum absolute atomic E-state index is 11.5. The summed E-state index contributed by atoms with van der Waals surface area (Å²) in [6, 6.07) is 0. The summed E-state index contributed by atoms with van der Waals surface area (Å²) in [5.41, 5.74) is -1.20. The molecule has 0 aromatic heterocycles. The zero-order chi connectivity index (χ0) is 9.19. The number of hydrogen-bond donors (Lipinski definition) is 1. The lowest BCUT2D eigenvalue weighted by Crippen LogP contribution is -2.47. The Balaban J connectivity index is 2.51. The Bertz CT molecular complexity index is 166. The summed E-state index contributed by atoms with van der Waals surface area (Å²) in [6.07, 6.45) is 3.35. The molecule has 1 aliphatic heterocycles. The van der Waals surface area contributed by atoms with Crippen LogP contribution < -0.4 is 0 Å². The van der Waals surface area contributed by atoms with Gasteiger partial charge in [-0.3, -0.25) is 4.79 Å². The first-order valence-electron chi connectivity index (χ1n) is 4.53. The highest BCUT2D eigenvalue weighted by Gasteiger charge is 2.29. The number of aliphatic hydroxyl groups is 1. The molecular weight excluding hydrogens is 154 g/mol. The first-order valence-corrected chi connectivity index (χ1v) is 4.53. The summed E-state index contributed by atoms with van der Waals surface area (Å²) >= 11 is 0. The average Bonchev–Trinajstić information content (AvgIpc) is 2.03. The van der Waals surface area contributed by atoms with E-state index in [0.717, 1.165) is 25.9 Å². The average molecular weight is 171 g/mol. The lowest BCUT2D eigenvalue weighted by molar-refractivity contribution is -0.148. The van der Waals surface area contributed by atoms with E-state index in [4.69, 9.17) is 0 Å². The molecule has 70 valence electrons. The molecule has 0 spiro atoms. The molecule has 1 N–H and O–H groups in total. The van der Waals surface area contributed by atoms with Crippen LogP contribution in [0.5, 0.6) is 0 Å². The van der Waals surface area contributed by atoms with Gasteiger partial charge in [-0.05, 0) is 33.1 Å². The van der Waals surface area contributed by atoms with Crippen LogP contribution in [0.3, 0.4) is 0 Å². The number of rotatable bonds is 1. The highest BCUT2D eigenvalue weighted by atomic mass is 16.3. The van der Waals surface area contributed by atoms with Gasteiger partial charge in [-0.15, -0.1) is 0 Å². The van der Waals surface area contributed by atoms with Gasteiger partial charge >= 0.3 is 0 Å².